The molecule has 1 unspecified atom stereocenters. The molecule has 1 aliphatic rings. The largest absolute Gasteiger partial charge is 0.340 e. The number of carbonyl (C=O) groups excluding carboxylic acids is 2. The minimum absolute atomic E-state index is 0.0175. The van der Waals surface area contributed by atoms with Crippen LogP contribution < -0.4 is 0 Å². The molecule has 8 heteroatoms. The second-order valence-electron chi connectivity index (χ2n) is 8.52. The van der Waals surface area contributed by atoms with Crippen LogP contribution in [0.25, 0.3) is 22.5 Å². The lowest BCUT2D eigenvalue weighted by molar-refractivity contribution is -0.143. The third kappa shape index (κ3) is 5.10. The van der Waals surface area contributed by atoms with Gasteiger partial charge in [-0.2, -0.15) is 5.21 Å². The Morgan fingerprint density at radius 3 is 2.58 bits per heavy atom. The molecule has 0 bridgehead atoms. The van der Waals surface area contributed by atoms with Gasteiger partial charge >= 0.3 is 0 Å². The standard InChI is InChI=1S/C25H30N6O2/c1-3-4-11-23(32)31-16-7-10-22(31)25(33)30(2)17-18-12-14-19(15-13-18)20-8-5-6-9-21(20)24-26-28-29-27-24/h5-6,8-9,12-15,22H,3-4,7,10-11,16-17H2,1-2H3,(H,26,27,28,29). The zero-order valence-electron chi connectivity index (χ0n) is 19.2. The molecule has 2 amide bonds. The fourth-order valence-electron chi connectivity index (χ4n) is 4.40. The van der Waals surface area contributed by atoms with Gasteiger partial charge in [-0.05, 0) is 41.2 Å². The quantitative estimate of drug-likeness (QED) is 0.570. The lowest BCUT2D eigenvalue weighted by Gasteiger charge is -2.28. The average molecular weight is 447 g/mol. The van der Waals surface area contributed by atoms with Crippen LogP contribution in [0.2, 0.25) is 0 Å². The van der Waals surface area contributed by atoms with E-state index in [1.165, 1.54) is 0 Å². The summed E-state index contributed by atoms with van der Waals surface area (Å²) in [5.74, 6) is 0.671. The number of amides is 2. The monoisotopic (exact) mass is 446 g/mol. The van der Waals surface area contributed by atoms with E-state index in [0.29, 0.717) is 25.3 Å². The highest BCUT2D eigenvalue weighted by molar-refractivity contribution is 5.88. The van der Waals surface area contributed by atoms with E-state index in [1.54, 1.807) is 9.80 Å². The molecule has 1 aliphatic heterocycles. The maximum Gasteiger partial charge on any atom is 0.245 e. The van der Waals surface area contributed by atoms with E-state index >= 15 is 0 Å². The third-order valence-corrected chi connectivity index (χ3v) is 6.18. The van der Waals surface area contributed by atoms with Crippen molar-refractivity contribution in [2.24, 2.45) is 0 Å². The van der Waals surface area contributed by atoms with Crippen LogP contribution in [0.15, 0.2) is 48.5 Å². The SMILES string of the molecule is CCCCC(=O)N1CCCC1C(=O)N(C)Cc1ccc(-c2ccccc2-c2nn[nH]n2)cc1. The molecule has 3 aromatic rings. The first-order chi connectivity index (χ1) is 16.1. The molecule has 0 saturated carbocycles. The minimum Gasteiger partial charge on any atom is -0.340 e. The van der Waals surface area contributed by atoms with Gasteiger partial charge in [-0.3, -0.25) is 9.59 Å². The Balaban J connectivity index is 1.43. The summed E-state index contributed by atoms with van der Waals surface area (Å²) in [4.78, 5) is 29.2. The van der Waals surface area contributed by atoms with Gasteiger partial charge < -0.3 is 9.80 Å². The first kappa shape index (κ1) is 22.6. The second kappa shape index (κ2) is 10.4. The number of tetrazole rings is 1. The molecular weight excluding hydrogens is 416 g/mol. The second-order valence-corrected chi connectivity index (χ2v) is 8.52. The maximum absolute atomic E-state index is 13.1. The van der Waals surface area contributed by atoms with Crippen molar-refractivity contribution in [2.75, 3.05) is 13.6 Å². The highest BCUT2D eigenvalue weighted by Crippen LogP contribution is 2.30. The summed E-state index contributed by atoms with van der Waals surface area (Å²) < 4.78 is 0. The Morgan fingerprint density at radius 1 is 1.12 bits per heavy atom. The first-order valence-electron chi connectivity index (χ1n) is 11.5. The van der Waals surface area contributed by atoms with Crippen LogP contribution in [0.4, 0.5) is 0 Å². The maximum atomic E-state index is 13.1. The minimum atomic E-state index is -0.333. The van der Waals surface area contributed by atoms with Crippen LogP contribution in [0.3, 0.4) is 0 Å². The Morgan fingerprint density at radius 2 is 1.88 bits per heavy atom. The highest BCUT2D eigenvalue weighted by Gasteiger charge is 2.35. The topological polar surface area (TPSA) is 95.1 Å². The van der Waals surface area contributed by atoms with Crippen molar-refractivity contribution in [3.8, 4) is 22.5 Å². The first-order valence-corrected chi connectivity index (χ1v) is 11.5. The predicted molar refractivity (Wildman–Crippen MR) is 126 cm³/mol. The van der Waals surface area contributed by atoms with Gasteiger partial charge in [-0.15, -0.1) is 10.2 Å². The number of likely N-dealkylation sites (tertiary alicyclic amines) is 1. The van der Waals surface area contributed by atoms with Gasteiger partial charge in [0.25, 0.3) is 0 Å². The van der Waals surface area contributed by atoms with E-state index in [1.807, 2.05) is 55.6 Å². The van der Waals surface area contributed by atoms with Crippen molar-refractivity contribution in [1.82, 2.24) is 30.4 Å². The van der Waals surface area contributed by atoms with Gasteiger partial charge in [-0.1, -0.05) is 61.9 Å². The number of nitrogens with one attached hydrogen (secondary N) is 1. The lowest BCUT2D eigenvalue weighted by atomic mass is 9.98. The van der Waals surface area contributed by atoms with Crippen LogP contribution >= 0.6 is 0 Å². The molecule has 1 aromatic heterocycles. The number of hydrogen-bond acceptors (Lipinski definition) is 5. The number of nitrogens with zero attached hydrogens (tertiary/aromatic N) is 5. The predicted octanol–water partition coefficient (Wildman–Crippen LogP) is 3.67. The summed E-state index contributed by atoms with van der Waals surface area (Å²) in [5.41, 5.74) is 3.99. The molecule has 4 rings (SSSR count). The van der Waals surface area contributed by atoms with Crippen LogP contribution in [-0.4, -0.2) is 61.9 Å². The number of H-pyrrole nitrogens is 1. The molecule has 1 N–H and O–H groups in total. The van der Waals surface area contributed by atoms with Gasteiger partial charge in [-0.25, -0.2) is 0 Å². The molecule has 0 aliphatic carbocycles. The van der Waals surface area contributed by atoms with E-state index < -0.39 is 0 Å². The van der Waals surface area contributed by atoms with Crippen molar-refractivity contribution >= 4 is 11.8 Å². The molecule has 0 radical (unpaired) electrons. The molecule has 1 fully saturated rings. The van der Waals surface area contributed by atoms with Crippen molar-refractivity contribution < 1.29 is 9.59 Å². The Bertz CT molecular complexity index is 1080. The Kier molecular flexibility index (Phi) is 7.12. The number of unbranched alkanes of at least 4 members (excludes halogenated alkanes) is 1. The van der Waals surface area contributed by atoms with Crippen molar-refractivity contribution in [2.45, 2.75) is 51.6 Å². The third-order valence-electron chi connectivity index (χ3n) is 6.18. The van der Waals surface area contributed by atoms with Crippen LogP contribution in [0.1, 0.15) is 44.6 Å². The smallest absolute Gasteiger partial charge is 0.245 e. The van der Waals surface area contributed by atoms with E-state index in [9.17, 15) is 9.59 Å². The number of hydrogen-bond donors (Lipinski definition) is 1. The lowest BCUT2D eigenvalue weighted by Crippen LogP contribution is -2.46. The van der Waals surface area contributed by atoms with Gasteiger partial charge in [0.15, 0.2) is 0 Å². The summed E-state index contributed by atoms with van der Waals surface area (Å²) in [7, 11) is 1.81. The van der Waals surface area contributed by atoms with E-state index in [-0.39, 0.29) is 17.9 Å². The summed E-state index contributed by atoms with van der Waals surface area (Å²) >= 11 is 0. The summed E-state index contributed by atoms with van der Waals surface area (Å²) in [6.45, 7) is 3.25. The fraction of sp³-hybridized carbons (Fsp3) is 0.400. The highest BCUT2D eigenvalue weighted by atomic mass is 16.2. The molecule has 1 atom stereocenters. The van der Waals surface area contributed by atoms with Crippen LogP contribution in [0, 0.1) is 0 Å². The Labute approximate surface area is 194 Å². The number of likely N-dealkylation sites (N-methyl/N-ethyl adjacent to an activating group) is 1. The molecule has 33 heavy (non-hydrogen) atoms. The molecule has 172 valence electrons. The molecule has 2 aromatic carbocycles. The van der Waals surface area contributed by atoms with Gasteiger partial charge in [0.2, 0.25) is 17.6 Å². The van der Waals surface area contributed by atoms with Crippen LogP contribution in [-0.2, 0) is 16.1 Å². The van der Waals surface area contributed by atoms with E-state index in [4.69, 9.17) is 0 Å². The zero-order valence-corrected chi connectivity index (χ0v) is 19.2. The van der Waals surface area contributed by atoms with Crippen molar-refractivity contribution in [3.05, 3.63) is 54.1 Å². The van der Waals surface area contributed by atoms with Crippen molar-refractivity contribution in [3.63, 3.8) is 0 Å². The molecule has 8 nitrogen and oxygen atoms in total. The Hall–Kier alpha value is -3.55. The normalized spacial score (nSPS) is 15.6. The van der Waals surface area contributed by atoms with Crippen LogP contribution in [0.5, 0.6) is 0 Å². The fourth-order valence-corrected chi connectivity index (χ4v) is 4.40. The van der Waals surface area contributed by atoms with E-state index in [0.717, 1.165) is 47.9 Å². The molecule has 2 heterocycles. The summed E-state index contributed by atoms with van der Waals surface area (Å²) in [5, 5.41) is 14.4. The van der Waals surface area contributed by atoms with E-state index in [2.05, 4.69) is 27.5 Å². The summed E-state index contributed by atoms with van der Waals surface area (Å²) in [6, 6.07) is 15.7. The number of aromatic nitrogens is 4. The number of aromatic amines is 1. The molecular formula is C25H30N6O2. The van der Waals surface area contributed by atoms with Crippen molar-refractivity contribution in [1.29, 1.82) is 0 Å². The molecule has 0 spiro atoms. The zero-order chi connectivity index (χ0) is 23.2. The number of rotatable bonds is 8. The van der Waals surface area contributed by atoms with Gasteiger partial charge in [0.05, 0.1) is 0 Å². The average Bonchev–Trinajstić information content (AvgIpc) is 3.55. The summed E-state index contributed by atoms with van der Waals surface area (Å²) in [6.07, 6.45) is 4.00. The molecule has 1 saturated heterocycles. The number of carbonyl (C=O) groups is 2. The van der Waals surface area contributed by atoms with Gasteiger partial charge in [0, 0.05) is 32.1 Å². The number of benzene rings is 2. The van der Waals surface area contributed by atoms with Gasteiger partial charge in [0.1, 0.15) is 6.04 Å².